The first-order valence-corrected chi connectivity index (χ1v) is 15.8. The van der Waals surface area contributed by atoms with Crippen LogP contribution in [0.15, 0.2) is 119 Å². The molecule has 0 saturated heterocycles. The van der Waals surface area contributed by atoms with E-state index in [1.165, 1.54) is 5.56 Å². The summed E-state index contributed by atoms with van der Waals surface area (Å²) < 4.78 is 12.4. The Morgan fingerprint density at radius 3 is 2.53 bits per heavy atom. The zero-order chi connectivity index (χ0) is 32.9. The van der Waals surface area contributed by atoms with Crippen molar-refractivity contribution in [1.82, 2.24) is 5.32 Å². The molecule has 47 heavy (non-hydrogen) atoms. The van der Waals surface area contributed by atoms with E-state index >= 15 is 0 Å². The van der Waals surface area contributed by atoms with Gasteiger partial charge in [-0.3, -0.25) is 4.79 Å². The summed E-state index contributed by atoms with van der Waals surface area (Å²) in [6, 6.07) is 33.0. The first-order valence-electron chi connectivity index (χ1n) is 15.8. The van der Waals surface area contributed by atoms with Crippen molar-refractivity contribution in [2.75, 3.05) is 19.8 Å². The monoisotopic (exact) mass is 629 g/mol. The van der Waals surface area contributed by atoms with Gasteiger partial charge in [-0.15, -0.1) is 0 Å². The predicted molar refractivity (Wildman–Crippen MR) is 184 cm³/mol. The summed E-state index contributed by atoms with van der Waals surface area (Å²) in [6.07, 6.45) is 4.59. The molecule has 0 bridgehead atoms. The van der Waals surface area contributed by atoms with Gasteiger partial charge in [0.1, 0.15) is 5.75 Å². The van der Waals surface area contributed by atoms with Gasteiger partial charge in [0.25, 0.3) is 5.91 Å². The van der Waals surface area contributed by atoms with E-state index in [9.17, 15) is 4.79 Å². The second-order valence-corrected chi connectivity index (χ2v) is 11.4. The minimum absolute atomic E-state index is 0.0547. The van der Waals surface area contributed by atoms with Crippen molar-refractivity contribution < 1.29 is 19.4 Å². The first-order chi connectivity index (χ1) is 23.0. The molecule has 9 nitrogen and oxygen atoms in total. The fourth-order valence-electron chi connectivity index (χ4n) is 5.50. The van der Waals surface area contributed by atoms with Crippen molar-refractivity contribution in [2.24, 2.45) is 10.1 Å². The number of carbonyl (C=O) groups excluding carboxylic acids is 1. The molecular formula is C38H39N5O4. The van der Waals surface area contributed by atoms with Crippen LogP contribution in [0.1, 0.15) is 52.3 Å². The fourth-order valence-corrected chi connectivity index (χ4v) is 5.50. The van der Waals surface area contributed by atoms with Crippen LogP contribution in [0, 0.1) is 6.92 Å². The molecule has 0 radical (unpaired) electrons. The van der Waals surface area contributed by atoms with Gasteiger partial charge in [0.15, 0.2) is 11.6 Å². The zero-order valence-corrected chi connectivity index (χ0v) is 26.5. The van der Waals surface area contributed by atoms with Crippen molar-refractivity contribution in [3.05, 3.63) is 153 Å². The van der Waals surface area contributed by atoms with Crippen molar-refractivity contribution in [1.29, 1.82) is 0 Å². The highest BCUT2D eigenvalue weighted by molar-refractivity contribution is 6.01. The molecule has 0 saturated carbocycles. The van der Waals surface area contributed by atoms with Gasteiger partial charge in [-0.1, -0.05) is 102 Å². The molecule has 0 fully saturated rings. The maximum absolute atomic E-state index is 14.5. The molecule has 1 heterocycles. The molecule has 5 rings (SSSR count). The van der Waals surface area contributed by atoms with E-state index in [0.29, 0.717) is 43.2 Å². The maximum Gasteiger partial charge on any atom is 0.252 e. The van der Waals surface area contributed by atoms with Gasteiger partial charge in [-0.25, -0.2) is 4.99 Å². The van der Waals surface area contributed by atoms with Gasteiger partial charge in [-0.05, 0) is 65.4 Å². The average molecular weight is 630 g/mol. The highest BCUT2D eigenvalue weighted by atomic mass is 16.5. The number of nitrogens with one attached hydrogen (secondary N) is 1. The van der Waals surface area contributed by atoms with Gasteiger partial charge < -0.3 is 19.9 Å². The van der Waals surface area contributed by atoms with Gasteiger partial charge in [0, 0.05) is 36.5 Å². The number of aliphatic imine (C=N–C) groups is 1. The largest absolute Gasteiger partial charge is 0.494 e. The predicted octanol–water partition coefficient (Wildman–Crippen LogP) is 7.29. The highest BCUT2D eigenvalue weighted by Crippen LogP contribution is 2.44. The van der Waals surface area contributed by atoms with Crippen LogP contribution in [0.2, 0.25) is 0 Å². The molecule has 4 aromatic carbocycles. The van der Waals surface area contributed by atoms with Crippen LogP contribution in [-0.4, -0.2) is 42.2 Å². The Bertz CT molecular complexity index is 1730. The number of aryl methyl sites for hydroxylation is 1. The Morgan fingerprint density at radius 2 is 1.79 bits per heavy atom. The van der Waals surface area contributed by atoms with Gasteiger partial charge in [0.2, 0.25) is 5.90 Å². The lowest BCUT2D eigenvalue weighted by Crippen LogP contribution is -2.48. The Labute approximate surface area is 275 Å². The molecule has 0 unspecified atom stereocenters. The molecular weight excluding hydrogens is 590 g/mol. The second kappa shape index (κ2) is 16.3. The molecule has 0 aromatic heterocycles. The SMILES string of the molecule is Cc1ccc(CCNC(=O)[C@]2(C/C=C/c3ccccc3)N=C(c3ccc(OCCCO)cc3)O[C@@H]2c2ccccc2CN=[N+]=[N-])cc1. The summed E-state index contributed by atoms with van der Waals surface area (Å²) in [4.78, 5) is 22.5. The molecule has 1 aliphatic rings. The van der Waals surface area contributed by atoms with Gasteiger partial charge in [0.05, 0.1) is 13.2 Å². The molecule has 1 aliphatic heterocycles. The molecule has 1 amide bonds. The van der Waals surface area contributed by atoms with E-state index in [1.807, 2.05) is 97.9 Å². The third-order valence-electron chi connectivity index (χ3n) is 8.03. The van der Waals surface area contributed by atoms with Crippen LogP contribution in [0.3, 0.4) is 0 Å². The van der Waals surface area contributed by atoms with Crippen molar-refractivity contribution >= 4 is 17.9 Å². The second-order valence-electron chi connectivity index (χ2n) is 11.4. The number of amides is 1. The van der Waals surface area contributed by atoms with Crippen molar-refractivity contribution in [2.45, 2.75) is 44.4 Å². The van der Waals surface area contributed by atoms with Crippen LogP contribution in [0.4, 0.5) is 0 Å². The number of aliphatic hydroxyl groups excluding tert-OH is 1. The van der Waals surface area contributed by atoms with Crippen molar-refractivity contribution in [3.8, 4) is 5.75 Å². The van der Waals surface area contributed by atoms with Crippen LogP contribution in [0.25, 0.3) is 16.5 Å². The van der Waals surface area contributed by atoms with E-state index in [4.69, 9.17) is 25.1 Å². The normalized spacial score (nSPS) is 17.1. The van der Waals surface area contributed by atoms with Gasteiger partial charge >= 0.3 is 0 Å². The lowest BCUT2D eigenvalue weighted by Gasteiger charge is -2.31. The lowest BCUT2D eigenvalue weighted by atomic mass is 9.82. The quantitative estimate of drug-likeness (QED) is 0.0619. The van der Waals surface area contributed by atoms with E-state index < -0.39 is 11.6 Å². The lowest BCUT2D eigenvalue weighted by molar-refractivity contribution is -0.128. The van der Waals surface area contributed by atoms with E-state index in [2.05, 4.69) is 39.6 Å². The first kappa shape index (κ1) is 33.0. The Hall–Kier alpha value is -5.37. The molecule has 9 heteroatoms. The maximum atomic E-state index is 14.5. The van der Waals surface area contributed by atoms with Crippen molar-refractivity contribution in [3.63, 3.8) is 0 Å². The third-order valence-corrected chi connectivity index (χ3v) is 8.03. The fraction of sp³-hybridized carbons (Fsp3) is 0.263. The van der Waals surface area contributed by atoms with Crippen LogP contribution >= 0.6 is 0 Å². The van der Waals surface area contributed by atoms with Crippen LogP contribution < -0.4 is 10.1 Å². The average Bonchev–Trinajstić information content (AvgIpc) is 3.49. The Kier molecular flexibility index (Phi) is 11.4. The number of hydrogen-bond donors (Lipinski definition) is 2. The summed E-state index contributed by atoms with van der Waals surface area (Å²) in [5.41, 5.74) is 13.2. The number of carbonyl (C=O) groups is 1. The van der Waals surface area contributed by atoms with Crippen LogP contribution in [0.5, 0.6) is 5.75 Å². The minimum Gasteiger partial charge on any atom is -0.494 e. The van der Waals surface area contributed by atoms with E-state index in [-0.39, 0.29) is 25.5 Å². The number of aliphatic hydroxyl groups is 1. The minimum atomic E-state index is -1.36. The Morgan fingerprint density at radius 1 is 1.04 bits per heavy atom. The molecule has 0 aliphatic carbocycles. The van der Waals surface area contributed by atoms with Crippen LogP contribution in [-0.2, 0) is 22.5 Å². The molecule has 2 atom stereocenters. The zero-order valence-electron chi connectivity index (χ0n) is 26.5. The summed E-state index contributed by atoms with van der Waals surface area (Å²) in [7, 11) is 0. The molecule has 2 N–H and O–H groups in total. The smallest absolute Gasteiger partial charge is 0.252 e. The summed E-state index contributed by atoms with van der Waals surface area (Å²) in [5, 5.41) is 16.1. The standard InChI is InChI=1S/C38H39N5O4/c1-28-14-16-30(17-15-28)22-24-40-37(45)38(23-7-11-29-9-3-2-4-10-29)35(34-13-6-5-12-32(34)27-41-43-39)47-36(42-38)31-18-20-33(21-19-31)46-26-8-25-44/h2-7,9-21,35,44H,8,22-27H2,1H3,(H,40,45)/b11-7+/t35-,38-/m1/s1. The summed E-state index contributed by atoms with van der Waals surface area (Å²) in [5.74, 6) is 0.727. The number of ether oxygens (including phenoxy) is 2. The molecule has 4 aromatic rings. The third kappa shape index (κ3) is 8.47. The summed E-state index contributed by atoms with van der Waals surface area (Å²) in [6.45, 7) is 3.03. The molecule has 0 spiro atoms. The van der Waals surface area contributed by atoms with E-state index in [1.54, 1.807) is 0 Å². The topological polar surface area (TPSA) is 129 Å². The summed E-state index contributed by atoms with van der Waals surface area (Å²) >= 11 is 0. The number of rotatable bonds is 15. The molecule has 240 valence electrons. The highest BCUT2D eigenvalue weighted by Gasteiger charge is 2.53. The number of azide groups is 1. The Balaban J connectivity index is 1.53. The number of hydrogen-bond acceptors (Lipinski definition) is 6. The van der Waals surface area contributed by atoms with E-state index in [0.717, 1.165) is 22.3 Å². The number of benzene rings is 4. The van der Waals surface area contributed by atoms with Gasteiger partial charge in [-0.2, -0.15) is 0 Å². The number of nitrogens with zero attached hydrogens (tertiary/aromatic N) is 4.